The van der Waals surface area contributed by atoms with Gasteiger partial charge in [0.05, 0.1) is 5.92 Å². The zero-order valence-corrected chi connectivity index (χ0v) is 18.0. The van der Waals surface area contributed by atoms with Crippen LogP contribution in [0.1, 0.15) is 65.0 Å². The van der Waals surface area contributed by atoms with Gasteiger partial charge in [0.15, 0.2) is 0 Å². The van der Waals surface area contributed by atoms with Crippen molar-refractivity contribution in [3.8, 4) is 0 Å². The topological polar surface area (TPSA) is 58.6 Å². The van der Waals surface area contributed by atoms with Gasteiger partial charge in [-0.15, -0.1) is 0 Å². The van der Waals surface area contributed by atoms with Crippen molar-refractivity contribution in [2.75, 3.05) is 20.1 Å². The zero-order valence-electron chi connectivity index (χ0n) is 18.0. The minimum absolute atomic E-state index is 0.00605. The third-order valence-corrected chi connectivity index (χ3v) is 4.19. The molecule has 1 atom stereocenters. The van der Waals surface area contributed by atoms with Gasteiger partial charge in [0.25, 0.3) is 0 Å². The number of hydrogen-bond acceptors (Lipinski definition) is 3. The standard InChI is InChI=1S/C22H36N2O3/c1-16(2)15-18-9-11-19(12-10-18)17(3)20(25)23-13-8-14-24(7)21(26)27-22(4,5)6/h9-12,16-17H,8,13-15H2,1-7H3,(H,23,25)/t17-/m1/s1. The van der Waals surface area contributed by atoms with Crippen LogP contribution in [0.2, 0.25) is 0 Å². The number of ether oxygens (including phenoxy) is 1. The fourth-order valence-electron chi connectivity index (χ4n) is 2.68. The van der Waals surface area contributed by atoms with Gasteiger partial charge in [-0.05, 0) is 57.6 Å². The summed E-state index contributed by atoms with van der Waals surface area (Å²) in [7, 11) is 1.71. The van der Waals surface area contributed by atoms with Crippen LogP contribution < -0.4 is 5.32 Å². The van der Waals surface area contributed by atoms with E-state index in [-0.39, 0.29) is 17.9 Å². The minimum Gasteiger partial charge on any atom is -0.444 e. The summed E-state index contributed by atoms with van der Waals surface area (Å²) < 4.78 is 5.31. The predicted molar refractivity (Wildman–Crippen MR) is 110 cm³/mol. The minimum atomic E-state index is -0.500. The molecule has 0 aliphatic rings. The second kappa shape index (κ2) is 10.3. The molecule has 2 amide bonds. The van der Waals surface area contributed by atoms with Crippen molar-refractivity contribution in [2.24, 2.45) is 5.92 Å². The molecule has 0 fully saturated rings. The van der Waals surface area contributed by atoms with E-state index in [0.29, 0.717) is 25.4 Å². The van der Waals surface area contributed by atoms with Crippen LogP contribution in [0.4, 0.5) is 4.79 Å². The van der Waals surface area contributed by atoms with Crippen molar-refractivity contribution in [3.63, 3.8) is 0 Å². The summed E-state index contributed by atoms with van der Waals surface area (Å²) in [6.07, 6.45) is 1.39. The number of benzene rings is 1. The number of nitrogens with zero attached hydrogens (tertiary/aromatic N) is 1. The quantitative estimate of drug-likeness (QED) is 0.686. The highest BCUT2D eigenvalue weighted by Crippen LogP contribution is 2.17. The fraction of sp³-hybridized carbons (Fsp3) is 0.636. The lowest BCUT2D eigenvalue weighted by atomic mass is 9.96. The van der Waals surface area contributed by atoms with Crippen LogP contribution in [0.5, 0.6) is 0 Å². The van der Waals surface area contributed by atoms with Crippen molar-refractivity contribution in [3.05, 3.63) is 35.4 Å². The average Bonchev–Trinajstić information content (AvgIpc) is 2.56. The SMILES string of the molecule is CC(C)Cc1ccc([C@@H](C)C(=O)NCCCN(C)C(=O)OC(C)(C)C)cc1. The van der Waals surface area contributed by atoms with Gasteiger partial charge in [-0.3, -0.25) is 4.79 Å². The maximum absolute atomic E-state index is 12.4. The molecule has 0 bridgehead atoms. The summed E-state index contributed by atoms with van der Waals surface area (Å²) >= 11 is 0. The third kappa shape index (κ3) is 8.94. The number of hydrogen-bond donors (Lipinski definition) is 1. The first kappa shape index (κ1) is 23.0. The summed E-state index contributed by atoms with van der Waals surface area (Å²) in [6, 6.07) is 8.29. The monoisotopic (exact) mass is 376 g/mol. The lowest BCUT2D eigenvalue weighted by Crippen LogP contribution is -2.36. The number of nitrogens with one attached hydrogen (secondary N) is 1. The summed E-state index contributed by atoms with van der Waals surface area (Å²) in [6.45, 7) is 12.9. The van der Waals surface area contributed by atoms with Gasteiger partial charge in [0.1, 0.15) is 5.60 Å². The van der Waals surface area contributed by atoms with E-state index >= 15 is 0 Å². The van der Waals surface area contributed by atoms with Gasteiger partial charge < -0.3 is 15.0 Å². The molecule has 1 rings (SSSR count). The van der Waals surface area contributed by atoms with Crippen LogP contribution in [0, 0.1) is 5.92 Å². The van der Waals surface area contributed by atoms with Crippen molar-refractivity contribution in [1.82, 2.24) is 10.2 Å². The first-order chi connectivity index (χ1) is 12.5. The average molecular weight is 377 g/mol. The smallest absolute Gasteiger partial charge is 0.410 e. The number of carbonyl (C=O) groups excluding carboxylic acids is 2. The van der Waals surface area contributed by atoms with E-state index in [1.165, 1.54) is 10.5 Å². The molecule has 0 aliphatic carbocycles. The summed E-state index contributed by atoms with van der Waals surface area (Å²) in [5.41, 5.74) is 1.82. The lowest BCUT2D eigenvalue weighted by molar-refractivity contribution is -0.122. The molecule has 0 aliphatic heterocycles. The van der Waals surface area contributed by atoms with Gasteiger partial charge in [-0.2, -0.15) is 0 Å². The lowest BCUT2D eigenvalue weighted by Gasteiger charge is -2.24. The van der Waals surface area contributed by atoms with Gasteiger partial charge >= 0.3 is 6.09 Å². The molecule has 0 unspecified atom stereocenters. The molecule has 152 valence electrons. The van der Waals surface area contributed by atoms with E-state index in [2.05, 4.69) is 31.3 Å². The first-order valence-corrected chi connectivity index (χ1v) is 9.80. The van der Waals surface area contributed by atoms with Crippen LogP contribution in [-0.4, -0.2) is 42.6 Å². The Morgan fingerprint density at radius 1 is 1.11 bits per heavy atom. The Kier molecular flexibility index (Phi) is 8.80. The molecular weight excluding hydrogens is 340 g/mol. The maximum Gasteiger partial charge on any atom is 0.410 e. The largest absolute Gasteiger partial charge is 0.444 e. The van der Waals surface area contributed by atoms with E-state index in [9.17, 15) is 9.59 Å². The van der Waals surface area contributed by atoms with E-state index < -0.39 is 5.60 Å². The van der Waals surface area contributed by atoms with E-state index in [1.54, 1.807) is 7.05 Å². The maximum atomic E-state index is 12.4. The van der Waals surface area contributed by atoms with Gasteiger partial charge in [0, 0.05) is 20.1 Å². The van der Waals surface area contributed by atoms with Crippen molar-refractivity contribution in [2.45, 2.75) is 65.9 Å². The highest BCUT2D eigenvalue weighted by Gasteiger charge is 2.19. The van der Waals surface area contributed by atoms with Crippen molar-refractivity contribution in [1.29, 1.82) is 0 Å². The molecule has 0 heterocycles. The Morgan fingerprint density at radius 3 is 2.22 bits per heavy atom. The molecule has 5 nitrogen and oxygen atoms in total. The second-order valence-corrected chi connectivity index (χ2v) is 8.61. The van der Waals surface area contributed by atoms with Crippen LogP contribution in [0.25, 0.3) is 0 Å². The Labute approximate surface area is 164 Å². The number of rotatable bonds is 8. The molecular formula is C22H36N2O3. The zero-order chi connectivity index (χ0) is 20.6. The molecule has 0 saturated carbocycles. The molecule has 1 N–H and O–H groups in total. The fourth-order valence-corrected chi connectivity index (χ4v) is 2.68. The molecule has 27 heavy (non-hydrogen) atoms. The number of amides is 2. The summed E-state index contributed by atoms with van der Waals surface area (Å²) in [4.78, 5) is 25.8. The van der Waals surface area contributed by atoms with Crippen LogP contribution in [0.3, 0.4) is 0 Å². The Hall–Kier alpha value is -2.04. The molecule has 5 heteroatoms. The normalized spacial score (nSPS) is 12.6. The van der Waals surface area contributed by atoms with Crippen LogP contribution in [-0.2, 0) is 16.0 Å². The van der Waals surface area contributed by atoms with E-state index in [1.807, 2.05) is 39.8 Å². The van der Waals surface area contributed by atoms with Crippen LogP contribution >= 0.6 is 0 Å². The molecule has 0 saturated heterocycles. The Balaban J connectivity index is 2.38. The predicted octanol–water partition coefficient (Wildman–Crippen LogP) is 4.36. The van der Waals surface area contributed by atoms with Gasteiger partial charge in [0.2, 0.25) is 5.91 Å². The highest BCUT2D eigenvalue weighted by atomic mass is 16.6. The third-order valence-electron chi connectivity index (χ3n) is 4.19. The Bertz CT molecular complexity index is 603. The molecule has 0 aromatic heterocycles. The van der Waals surface area contributed by atoms with E-state index in [0.717, 1.165) is 12.0 Å². The molecule has 1 aromatic carbocycles. The van der Waals surface area contributed by atoms with Gasteiger partial charge in [-0.25, -0.2) is 4.79 Å². The highest BCUT2D eigenvalue weighted by molar-refractivity contribution is 5.83. The van der Waals surface area contributed by atoms with Gasteiger partial charge in [-0.1, -0.05) is 38.1 Å². The van der Waals surface area contributed by atoms with E-state index in [4.69, 9.17) is 4.74 Å². The van der Waals surface area contributed by atoms with Crippen molar-refractivity contribution < 1.29 is 14.3 Å². The second-order valence-electron chi connectivity index (χ2n) is 8.61. The molecule has 1 aromatic rings. The Morgan fingerprint density at radius 2 is 1.70 bits per heavy atom. The van der Waals surface area contributed by atoms with Crippen molar-refractivity contribution >= 4 is 12.0 Å². The van der Waals surface area contributed by atoms with Crippen LogP contribution in [0.15, 0.2) is 24.3 Å². The molecule has 0 spiro atoms. The molecule has 0 radical (unpaired) electrons. The summed E-state index contributed by atoms with van der Waals surface area (Å²) in [5, 5.41) is 2.95. The number of carbonyl (C=O) groups is 2. The summed E-state index contributed by atoms with van der Waals surface area (Å²) in [5.74, 6) is 0.434. The first-order valence-electron chi connectivity index (χ1n) is 9.80.